The van der Waals surface area contributed by atoms with Crippen molar-refractivity contribution in [3.05, 3.63) is 33.2 Å². The summed E-state index contributed by atoms with van der Waals surface area (Å²) in [6.07, 6.45) is 10.4. The lowest BCUT2D eigenvalue weighted by Gasteiger charge is -2.24. The third-order valence-corrected chi connectivity index (χ3v) is 4.78. The lowest BCUT2D eigenvalue weighted by Crippen LogP contribution is -2.39. The summed E-state index contributed by atoms with van der Waals surface area (Å²) >= 11 is 11.8. The van der Waals surface area contributed by atoms with Crippen molar-refractivity contribution >= 4 is 35.4 Å². The highest BCUT2D eigenvalue weighted by Gasteiger charge is 2.43. The third kappa shape index (κ3) is 1.34. The summed E-state index contributed by atoms with van der Waals surface area (Å²) in [5, 5.41) is 2.38. The molecule has 3 aliphatic rings. The molecule has 1 saturated carbocycles. The fourth-order valence-electron chi connectivity index (χ4n) is 3.40. The minimum absolute atomic E-state index is 0.298. The summed E-state index contributed by atoms with van der Waals surface area (Å²) in [6, 6.07) is 0. The molecule has 2 nitrogen and oxygen atoms in total. The number of aromatic nitrogens is 2. The monoisotopic (exact) mass is 264 g/mol. The van der Waals surface area contributed by atoms with Crippen molar-refractivity contribution in [1.29, 1.82) is 0 Å². The Bertz CT molecular complexity index is 595. The Morgan fingerprint density at radius 3 is 1.82 bits per heavy atom. The van der Waals surface area contributed by atoms with Gasteiger partial charge >= 0.3 is 0 Å². The van der Waals surface area contributed by atoms with Crippen molar-refractivity contribution in [1.82, 2.24) is 9.97 Å². The Morgan fingerprint density at radius 1 is 0.882 bits per heavy atom. The number of nitrogens with zero attached hydrogens (tertiary/aromatic N) is 2. The van der Waals surface area contributed by atoms with Crippen LogP contribution < -0.4 is 10.7 Å². The molecular formula is C13H10Cl2N2. The highest BCUT2D eigenvalue weighted by Crippen LogP contribution is 2.49. The van der Waals surface area contributed by atoms with Gasteiger partial charge in [-0.2, -0.15) is 0 Å². The molecule has 0 amide bonds. The van der Waals surface area contributed by atoms with Gasteiger partial charge in [-0.3, -0.25) is 0 Å². The summed E-state index contributed by atoms with van der Waals surface area (Å²) in [4.78, 5) is 8.63. The Kier molecular flexibility index (Phi) is 1.98. The van der Waals surface area contributed by atoms with Gasteiger partial charge in [0.15, 0.2) is 10.3 Å². The maximum absolute atomic E-state index is 5.91. The van der Waals surface area contributed by atoms with Crippen molar-refractivity contribution in [2.75, 3.05) is 0 Å². The van der Waals surface area contributed by atoms with Crippen LogP contribution in [0.25, 0.3) is 12.2 Å². The summed E-state index contributed by atoms with van der Waals surface area (Å²) in [6.45, 7) is 0. The third-order valence-electron chi connectivity index (χ3n) is 4.15. The van der Waals surface area contributed by atoms with Crippen LogP contribution in [-0.2, 0) is 0 Å². The number of allylic oxidation sites excluding steroid dienone is 2. The van der Waals surface area contributed by atoms with Crippen molar-refractivity contribution < 1.29 is 0 Å². The molecule has 0 aliphatic heterocycles. The van der Waals surface area contributed by atoms with E-state index >= 15 is 0 Å². The van der Waals surface area contributed by atoms with Gasteiger partial charge in [-0.1, -0.05) is 47.5 Å². The van der Waals surface area contributed by atoms with Crippen LogP contribution in [0, 0.1) is 23.7 Å². The van der Waals surface area contributed by atoms with E-state index in [0.717, 1.165) is 10.7 Å². The van der Waals surface area contributed by atoms with E-state index < -0.39 is 0 Å². The van der Waals surface area contributed by atoms with Crippen LogP contribution in [0.5, 0.6) is 0 Å². The Balaban J connectivity index is 1.96. The van der Waals surface area contributed by atoms with Gasteiger partial charge in [-0.15, -0.1) is 0 Å². The van der Waals surface area contributed by atoms with E-state index in [1.165, 1.54) is 6.42 Å². The number of hydrogen-bond donors (Lipinski definition) is 0. The van der Waals surface area contributed by atoms with Gasteiger partial charge in [0.05, 0.1) is 10.7 Å². The Morgan fingerprint density at radius 2 is 1.35 bits per heavy atom. The fourth-order valence-corrected chi connectivity index (χ4v) is 3.66. The number of halogens is 2. The molecule has 1 aromatic heterocycles. The van der Waals surface area contributed by atoms with Gasteiger partial charge < -0.3 is 0 Å². The molecule has 1 fully saturated rings. The molecule has 1 aromatic rings. The number of hydrogen-bond acceptors (Lipinski definition) is 2. The van der Waals surface area contributed by atoms with Gasteiger partial charge in [-0.05, 0) is 30.1 Å². The topological polar surface area (TPSA) is 25.8 Å². The van der Waals surface area contributed by atoms with Crippen molar-refractivity contribution in [2.45, 2.75) is 6.42 Å². The molecular weight excluding hydrogens is 255 g/mol. The first kappa shape index (κ1) is 10.1. The van der Waals surface area contributed by atoms with Crippen LogP contribution >= 0.6 is 23.2 Å². The molecule has 0 saturated heterocycles. The molecule has 0 N–H and O–H groups in total. The highest BCUT2D eigenvalue weighted by molar-refractivity contribution is 6.40. The minimum Gasteiger partial charge on any atom is -0.232 e. The zero-order chi connectivity index (χ0) is 11.6. The fraction of sp³-hybridized carbons (Fsp3) is 0.385. The molecule has 2 bridgehead atoms. The molecule has 0 aromatic carbocycles. The number of fused-ring (bicyclic) bond motifs is 6. The van der Waals surface area contributed by atoms with Crippen LogP contribution in [-0.4, -0.2) is 9.97 Å². The average Bonchev–Trinajstić information content (AvgIpc) is 2.89. The van der Waals surface area contributed by atoms with E-state index in [4.69, 9.17) is 23.2 Å². The molecule has 4 unspecified atom stereocenters. The van der Waals surface area contributed by atoms with Gasteiger partial charge in [-0.25, -0.2) is 9.97 Å². The molecule has 3 aliphatic carbocycles. The first-order valence-corrected chi connectivity index (χ1v) is 6.59. The first-order valence-electron chi connectivity index (χ1n) is 5.83. The van der Waals surface area contributed by atoms with Gasteiger partial charge in [0.25, 0.3) is 0 Å². The van der Waals surface area contributed by atoms with E-state index in [1.807, 2.05) is 0 Å². The van der Waals surface area contributed by atoms with Crippen molar-refractivity contribution in [3.63, 3.8) is 0 Å². The number of rotatable bonds is 0. The lowest BCUT2D eigenvalue weighted by molar-refractivity contribution is 0.486. The largest absolute Gasteiger partial charge is 0.232 e. The molecule has 1 heterocycles. The molecule has 0 spiro atoms. The standard InChI is InChI=1S/C13H10Cl2N2/c14-12-13(15)17-11-5-9-7-2-1-6(3-7)8(9)4-10(11)16-12/h1-2,4-9H,3H2. The molecule has 86 valence electrons. The zero-order valence-electron chi connectivity index (χ0n) is 8.98. The summed E-state index contributed by atoms with van der Waals surface area (Å²) < 4.78 is 0. The van der Waals surface area contributed by atoms with Crippen molar-refractivity contribution in [3.8, 4) is 0 Å². The van der Waals surface area contributed by atoms with Crippen molar-refractivity contribution in [2.24, 2.45) is 23.7 Å². The van der Waals surface area contributed by atoms with Crippen LogP contribution in [0.15, 0.2) is 12.2 Å². The van der Waals surface area contributed by atoms with E-state index in [-0.39, 0.29) is 0 Å². The predicted octanol–water partition coefficient (Wildman–Crippen LogP) is 1.80. The second-order valence-electron chi connectivity index (χ2n) is 5.01. The van der Waals surface area contributed by atoms with Crippen LogP contribution in [0.1, 0.15) is 6.42 Å². The maximum atomic E-state index is 5.91. The first-order chi connectivity index (χ1) is 8.22. The van der Waals surface area contributed by atoms with Gasteiger partial charge in [0.1, 0.15) is 0 Å². The zero-order valence-corrected chi connectivity index (χ0v) is 10.5. The summed E-state index contributed by atoms with van der Waals surface area (Å²) in [5.74, 6) is 2.49. The van der Waals surface area contributed by atoms with E-state index in [2.05, 4.69) is 34.3 Å². The van der Waals surface area contributed by atoms with Gasteiger partial charge in [0.2, 0.25) is 0 Å². The molecule has 4 heteroatoms. The SMILES string of the molecule is Clc1nc2c(nc1Cl)=CC1C3C=CC(C3)C1C=2. The second kappa shape index (κ2) is 3.33. The second-order valence-corrected chi connectivity index (χ2v) is 5.73. The average molecular weight is 265 g/mol. The Labute approximate surface area is 109 Å². The smallest absolute Gasteiger partial charge is 0.167 e. The van der Waals surface area contributed by atoms with Crippen LogP contribution in [0.2, 0.25) is 10.3 Å². The molecule has 0 radical (unpaired) electrons. The highest BCUT2D eigenvalue weighted by atomic mass is 35.5. The Hall–Kier alpha value is -0.860. The summed E-state index contributed by atoms with van der Waals surface area (Å²) in [5.41, 5.74) is 0. The lowest BCUT2D eigenvalue weighted by atomic mass is 9.81. The van der Waals surface area contributed by atoms with E-state index in [1.54, 1.807) is 0 Å². The quantitative estimate of drug-likeness (QED) is 0.668. The normalized spacial score (nSPS) is 36.1. The molecule has 17 heavy (non-hydrogen) atoms. The van der Waals surface area contributed by atoms with Gasteiger partial charge in [0, 0.05) is 0 Å². The van der Waals surface area contributed by atoms with Crippen LogP contribution in [0.3, 0.4) is 0 Å². The molecule has 4 atom stereocenters. The van der Waals surface area contributed by atoms with Crippen LogP contribution in [0.4, 0.5) is 0 Å². The molecule has 4 rings (SSSR count). The van der Waals surface area contributed by atoms with E-state index in [9.17, 15) is 0 Å². The van der Waals surface area contributed by atoms with E-state index in [0.29, 0.717) is 34.0 Å². The predicted molar refractivity (Wildman–Crippen MR) is 67.9 cm³/mol. The maximum Gasteiger partial charge on any atom is 0.167 e. The summed E-state index contributed by atoms with van der Waals surface area (Å²) in [7, 11) is 0. The minimum atomic E-state index is 0.298.